The van der Waals surface area contributed by atoms with E-state index in [-0.39, 0.29) is 19.2 Å². The molecule has 0 fully saturated rings. The van der Waals surface area contributed by atoms with Crippen LogP contribution in [-0.4, -0.2) is 39.1 Å². The fourth-order valence-electron chi connectivity index (χ4n) is 2.39. The van der Waals surface area contributed by atoms with Crippen molar-refractivity contribution >= 4 is 12.0 Å². The summed E-state index contributed by atoms with van der Waals surface area (Å²) < 4.78 is 18.9. The Bertz CT molecular complexity index is 698. The maximum atomic E-state index is 12.8. The first kappa shape index (κ1) is 17.0. The Morgan fingerprint density at radius 3 is 3.12 bits per heavy atom. The summed E-state index contributed by atoms with van der Waals surface area (Å²) in [5.41, 5.74) is 0. The van der Waals surface area contributed by atoms with Crippen LogP contribution in [0.2, 0.25) is 0 Å². The molecule has 0 radical (unpaired) electrons. The molecule has 2 heterocycles. The minimum atomic E-state index is -0.735. The molecule has 1 unspecified atom stereocenters. The molecule has 0 saturated heterocycles. The number of nitrogens with zero attached hydrogens (tertiary/aromatic N) is 3. The molecule has 0 aliphatic heterocycles. The lowest BCUT2D eigenvalue weighted by atomic mass is 10.2. The summed E-state index contributed by atoms with van der Waals surface area (Å²) in [7, 11) is 0. The van der Waals surface area contributed by atoms with Crippen molar-refractivity contribution < 1.29 is 20.1 Å². The fourth-order valence-corrected chi connectivity index (χ4v) is 2.39. The molecule has 0 aromatic carbocycles. The van der Waals surface area contributed by atoms with Gasteiger partial charge in [-0.15, -0.1) is 6.55 Å². The molecule has 0 aliphatic carbocycles. The lowest BCUT2D eigenvalue weighted by molar-refractivity contribution is -0.149. The van der Waals surface area contributed by atoms with Crippen LogP contribution in [-0.2, 0) is 16.1 Å². The van der Waals surface area contributed by atoms with Crippen molar-refractivity contribution in [3.63, 3.8) is 0 Å². The SMILES string of the molecule is [2H]C=CCCCOC(=O)C(CC)N(Cc1ccco1)C(=O)n1ccnc1. The Hall–Kier alpha value is -2.83. The summed E-state index contributed by atoms with van der Waals surface area (Å²) in [5, 5.41) is 0. The Morgan fingerprint density at radius 2 is 2.48 bits per heavy atom. The summed E-state index contributed by atoms with van der Waals surface area (Å²) in [6.07, 6.45) is 9.34. The van der Waals surface area contributed by atoms with Gasteiger partial charge in [-0.2, -0.15) is 0 Å². The van der Waals surface area contributed by atoms with Gasteiger partial charge < -0.3 is 14.1 Å². The highest BCUT2D eigenvalue weighted by Gasteiger charge is 2.31. The molecular weight excluding hydrogens is 322 g/mol. The Morgan fingerprint density at radius 1 is 1.60 bits per heavy atom. The lowest BCUT2D eigenvalue weighted by Gasteiger charge is -2.28. The second-order valence-electron chi connectivity index (χ2n) is 5.43. The lowest BCUT2D eigenvalue weighted by Crippen LogP contribution is -2.46. The van der Waals surface area contributed by atoms with E-state index < -0.39 is 12.0 Å². The van der Waals surface area contributed by atoms with Crippen molar-refractivity contribution in [2.24, 2.45) is 0 Å². The van der Waals surface area contributed by atoms with Gasteiger partial charge in [0.15, 0.2) is 0 Å². The molecule has 2 aromatic heterocycles. The van der Waals surface area contributed by atoms with Crippen LogP contribution in [0.3, 0.4) is 0 Å². The minimum absolute atomic E-state index is 0.152. The van der Waals surface area contributed by atoms with E-state index in [0.717, 1.165) is 0 Å². The number of imidazole rings is 1. The zero-order valence-electron chi connectivity index (χ0n) is 15.2. The first-order valence-electron chi connectivity index (χ1n) is 8.76. The molecule has 0 spiro atoms. The van der Waals surface area contributed by atoms with Crippen LogP contribution in [0.5, 0.6) is 0 Å². The molecule has 25 heavy (non-hydrogen) atoms. The van der Waals surface area contributed by atoms with Gasteiger partial charge in [0, 0.05) is 12.4 Å². The molecule has 0 saturated carbocycles. The van der Waals surface area contributed by atoms with Crippen LogP contribution in [0.15, 0.2) is 54.2 Å². The van der Waals surface area contributed by atoms with Gasteiger partial charge in [-0.1, -0.05) is 13.0 Å². The number of amides is 1. The average molecular weight is 346 g/mol. The molecule has 7 nitrogen and oxygen atoms in total. The van der Waals surface area contributed by atoms with E-state index >= 15 is 0 Å². The van der Waals surface area contributed by atoms with Crippen LogP contribution in [0.4, 0.5) is 4.79 Å². The number of ether oxygens (including phenoxy) is 1. The molecule has 2 aromatic rings. The Kier molecular flexibility index (Phi) is 6.44. The number of carbonyl (C=O) groups is 2. The molecule has 0 N–H and O–H groups in total. The summed E-state index contributed by atoms with van der Waals surface area (Å²) in [4.78, 5) is 30.7. The van der Waals surface area contributed by atoms with Crippen LogP contribution in [0.1, 0.15) is 33.3 Å². The van der Waals surface area contributed by atoms with Gasteiger partial charge in [0.2, 0.25) is 0 Å². The van der Waals surface area contributed by atoms with Gasteiger partial charge in [-0.05, 0) is 31.4 Å². The number of hydrogen-bond acceptors (Lipinski definition) is 5. The van der Waals surface area contributed by atoms with Crippen LogP contribution < -0.4 is 0 Å². The molecule has 2 rings (SSSR count). The van der Waals surface area contributed by atoms with Gasteiger partial charge in [0.25, 0.3) is 0 Å². The first-order chi connectivity index (χ1) is 12.7. The van der Waals surface area contributed by atoms with Gasteiger partial charge in [-0.3, -0.25) is 4.57 Å². The van der Waals surface area contributed by atoms with E-state index in [4.69, 9.17) is 10.5 Å². The largest absolute Gasteiger partial charge is 0.467 e. The zero-order chi connectivity index (χ0) is 18.8. The summed E-state index contributed by atoms with van der Waals surface area (Å²) in [6, 6.07) is 2.37. The monoisotopic (exact) mass is 346 g/mol. The molecule has 134 valence electrons. The quantitative estimate of drug-likeness (QED) is 0.396. The summed E-state index contributed by atoms with van der Waals surface area (Å²) >= 11 is 0. The third-order valence-corrected chi connectivity index (χ3v) is 3.67. The van der Waals surface area contributed by atoms with Crippen LogP contribution in [0, 0.1) is 0 Å². The third-order valence-electron chi connectivity index (χ3n) is 3.67. The number of allylic oxidation sites excluding steroid dienone is 1. The predicted octanol–water partition coefficient (Wildman–Crippen LogP) is 3.23. The van der Waals surface area contributed by atoms with E-state index in [9.17, 15) is 9.59 Å². The number of esters is 1. The van der Waals surface area contributed by atoms with Crippen molar-refractivity contribution in [1.82, 2.24) is 14.5 Å². The molecule has 0 bridgehead atoms. The molecule has 1 atom stereocenters. The second kappa shape index (κ2) is 9.46. The smallest absolute Gasteiger partial charge is 0.330 e. The average Bonchev–Trinajstić information content (AvgIpc) is 3.34. The number of aromatic nitrogens is 2. The highest BCUT2D eigenvalue weighted by atomic mass is 16.5. The molecule has 1 amide bonds. The second-order valence-corrected chi connectivity index (χ2v) is 5.43. The summed E-state index contributed by atoms with van der Waals surface area (Å²) in [6.45, 7) is 3.43. The fraction of sp³-hybridized carbons (Fsp3) is 0.389. The maximum Gasteiger partial charge on any atom is 0.330 e. The molecule has 7 heteroatoms. The standard InChI is InChI=1S/C18H23N3O4/c1-3-5-6-11-25-17(22)16(4-2)21(13-15-8-7-12-24-15)18(23)20-10-9-19-14-20/h3,7-10,12,14,16H,1,4-6,11,13H2,2H3/i1D. The molecular formula is C18H23N3O4. The van der Waals surface area contributed by atoms with Gasteiger partial charge in [-0.25, -0.2) is 14.6 Å². The van der Waals surface area contributed by atoms with E-state index in [0.29, 0.717) is 25.0 Å². The van der Waals surface area contributed by atoms with Crippen molar-refractivity contribution in [2.75, 3.05) is 6.61 Å². The Balaban J connectivity index is 2.09. The summed E-state index contributed by atoms with van der Waals surface area (Å²) in [5.74, 6) is 0.118. The number of rotatable bonds is 9. The maximum absolute atomic E-state index is 12.8. The van der Waals surface area contributed by atoms with E-state index in [1.54, 1.807) is 18.2 Å². The van der Waals surface area contributed by atoms with Crippen LogP contribution in [0.25, 0.3) is 0 Å². The number of carbonyl (C=O) groups excluding carboxylic acids is 2. The number of furan rings is 1. The van der Waals surface area contributed by atoms with E-state index in [2.05, 4.69) is 4.98 Å². The molecule has 0 aliphatic rings. The minimum Gasteiger partial charge on any atom is -0.467 e. The van der Waals surface area contributed by atoms with Gasteiger partial charge in [0.05, 0.1) is 20.8 Å². The van der Waals surface area contributed by atoms with Crippen molar-refractivity contribution in [2.45, 2.75) is 38.8 Å². The zero-order valence-corrected chi connectivity index (χ0v) is 14.2. The van der Waals surface area contributed by atoms with Gasteiger partial charge >= 0.3 is 12.0 Å². The first-order valence-corrected chi connectivity index (χ1v) is 8.18. The highest BCUT2D eigenvalue weighted by molar-refractivity contribution is 5.84. The van der Waals surface area contributed by atoms with E-state index in [1.165, 1.54) is 41.0 Å². The van der Waals surface area contributed by atoms with Crippen molar-refractivity contribution in [1.29, 1.82) is 0 Å². The third kappa shape index (κ3) is 5.07. The Labute approximate surface area is 148 Å². The van der Waals surface area contributed by atoms with Gasteiger partial charge in [0.1, 0.15) is 18.1 Å². The predicted molar refractivity (Wildman–Crippen MR) is 91.7 cm³/mol. The normalized spacial score (nSPS) is 12.8. The van der Waals surface area contributed by atoms with Crippen molar-refractivity contribution in [3.8, 4) is 0 Å². The number of unbranched alkanes of at least 4 members (excludes halogenated alkanes) is 1. The van der Waals surface area contributed by atoms with E-state index in [1.807, 2.05) is 6.92 Å². The van der Waals surface area contributed by atoms with Crippen LogP contribution >= 0.6 is 0 Å². The number of hydrogen-bond donors (Lipinski definition) is 0. The van der Waals surface area contributed by atoms with Crippen molar-refractivity contribution in [3.05, 3.63) is 55.5 Å². The highest BCUT2D eigenvalue weighted by Crippen LogP contribution is 2.15. The topological polar surface area (TPSA) is 77.6 Å².